The first-order chi connectivity index (χ1) is 15.1. The van der Waals surface area contributed by atoms with Gasteiger partial charge in [-0.3, -0.25) is 5.43 Å². The molecule has 0 spiro atoms. The fourth-order valence-corrected chi connectivity index (χ4v) is 4.27. The highest BCUT2D eigenvalue weighted by atomic mass is 35.5. The summed E-state index contributed by atoms with van der Waals surface area (Å²) in [7, 11) is 0. The summed E-state index contributed by atoms with van der Waals surface area (Å²) >= 11 is 7.28. The molecule has 0 fully saturated rings. The van der Waals surface area contributed by atoms with Crippen LogP contribution in [0.2, 0.25) is 5.02 Å². The van der Waals surface area contributed by atoms with Crippen molar-refractivity contribution in [2.24, 2.45) is 5.10 Å². The van der Waals surface area contributed by atoms with Gasteiger partial charge in [-0.1, -0.05) is 65.4 Å². The van der Waals surface area contributed by atoms with E-state index >= 15 is 0 Å². The minimum atomic E-state index is -0.390. The molecule has 5 nitrogen and oxygen atoms in total. The molecule has 0 unspecified atom stereocenters. The predicted molar refractivity (Wildman–Crippen MR) is 128 cm³/mol. The third-order valence-electron chi connectivity index (χ3n) is 4.99. The van der Waals surface area contributed by atoms with E-state index in [1.807, 2.05) is 73.7 Å². The number of fused-ring (bicyclic) bond motifs is 3. The SMILES string of the molecule is C/C(=N\Nc1ncc(-c2cc3c(ccc4ccccc43)oc2=O)s1)c1ccc(Cl)cc1. The maximum Gasteiger partial charge on any atom is 0.345 e. The van der Waals surface area contributed by atoms with Gasteiger partial charge in [0.05, 0.1) is 16.2 Å². The Morgan fingerprint density at radius 3 is 2.71 bits per heavy atom. The fourth-order valence-electron chi connectivity index (χ4n) is 3.38. The molecule has 0 aliphatic carbocycles. The highest BCUT2D eigenvalue weighted by Gasteiger charge is 2.13. The lowest BCUT2D eigenvalue weighted by Crippen LogP contribution is -2.01. The average Bonchev–Trinajstić information content (AvgIpc) is 3.26. The molecule has 0 atom stereocenters. The van der Waals surface area contributed by atoms with Gasteiger partial charge in [0.15, 0.2) is 0 Å². The van der Waals surface area contributed by atoms with Crippen molar-refractivity contribution in [3.8, 4) is 10.4 Å². The highest BCUT2D eigenvalue weighted by molar-refractivity contribution is 7.18. The van der Waals surface area contributed by atoms with Gasteiger partial charge in [0.1, 0.15) is 5.58 Å². The van der Waals surface area contributed by atoms with Gasteiger partial charge in [-0.15, -0.1) is 0 Å². The van der Waals surface area contributed by atoms with Gasteiger partial charge in [-0.2, -0.15) is 5.10 Å². The van der Waals surface area contributed by atoms with Crippen LogP contribution in [-0.4, -0.2) is 10.7 Å². The smallest absolute Gasteiger partial charge is 0.345 e. The molecule has 0 amide bonds. The van der Waals surface area contributed by atoms with Gasteiger partial charge in [-0.05, 0) is 47.5 Å². The molecule has 0 aliphatic rings. The van der Waals surface area contributed by atoms with E-state index in [1.54, 1.807) is 6.20 Å². The Hall–Kier alpha value is -3.48. The van der Waals surface area contributed by atoms with Gasteiger partial charge >= 0.3 is 5.63 Å². The molecule has 31 heavy (non-hydrogen) atoms. The lowest BCUT2D eigenvalue weighted by molar-refractivity contribution is 0.564. The fraction of sp³-hybridized carbons (Fsp3) is 0.0417. The number of benzene rings is 3. The first-order valence-electron chi connectivity index (χ1n) is 9.56. The van der Waals surface area contributed by atoms with Crippen molar-refractivity contribution < 1.29 is 4.42 Å². The highest BCUT2D eigenvalue weighted by Crippen LogP contribution is 2.31. The monoisotopic (exact) mass is 445 g/mol. The van der Waals surface area contributed by atoms with Crippen LogP contribution in [0.3, 0.4) is 0 Å². The van der Waals surface area contributed by atoms with E-state index in [1.165, 1.54) is 11.3 Å². The number of rotatable bonds is 4. The van der Waals surface area contributed by atoms with Gasteiger partial charge < -0.3 is 4.42 Å². The molecular weight excluding hydrogens is 430 g/mol. The van der Waals surface area contributed by atoms with E-state index in [0.29, 0.717) is 26.2 Å². The number of nitrogens with zero attached hydrogens (tertiary/aromatic N) is 2. The first kappa shape index (κ1) is 19.5. The lowest BCUT2D eigenvalue weighted by Gasteiger charge is -2.04. The van der Waals surface area contributed by atoms with Crippen LogP contribution in [0.25, 0.3) is 32.2 Å². The molecule has 0 saturated carbocycles. The molecule has 0 bridgehead atoms. The van der Waals surface area contributed by atoms with E-state index < -0.39 is 0 Å². The minimum Gasteiger partial charge on any atom is -0.422 e. The second kappa shape index (κ2) is 7.98. The molecule has 2 aromatic heterocycles. The Kier molecular flexibility index (Phi) is 5.02. The average molecular weight is 446 g/mol. The molecule has 0 radical (unpaired) electrons. The van der Waals surface area contributed by atoms with E-state index in [-0.39, 0.29) is 5.63 Å². The zero-order valence-corrected chi connectivity index (χ0v) is 18.0. The third kappa shape index (κ3) is 3.83. The number of hydrazone groups is 1. The summed E-state index contributed by atoms with van der Waals surface area (Å²) in [5, 5.41) is 8.67. The van der Waals surface area contributed by atoms with E-state index in [9.17, 15) is 4.79 Å². The number of anilines is 1. The van der Waals surface area contributed by atoms with Crippen molar-refractivity contribution in [3.05, 3.63) is 93.9 Å². The zero-order valence-electron chi connectivity index (χ0n) is 16.4. The molecule has 5 rings (SSSR count). The van der Waals surface area contributed by atoms with Gasteiger partial charge in [0, 0.05) is 16.6 Å². The summed E-state index contributed by atoms with van der Waals surface area (Å²) in [5.41, 5.74) is 5.37. The minimum absolute atomic E-state index is 0.390. The van der Waals surface area contributed by atoms with Crippen molar-refractivity contribution in [2.45, 2.75) is 6.92 Å². The summed E-state index contributed by atoms with van der Waals surface area (Å²) in [4.78, 5) is 17.7. The Morgan fingerprint density at radius 1 is 1.06 bits per heavy atom. The van der Waals surface area contributed by atoms with Crippen molar-refractivity contribution in [2.75, 3.05) is 5.43 Å². The molecule has 1 N–H and O–H groups in total. The molecule has 0 aliphatic heterocycles. The quantitative estimate of drug-likeness (QED) is 0.147. The van der Waals surface area contributed by atoms with Crippen molar-refractivity contribution >= 4 is 55.5 Å². The number of aromatic nitrogens is 1. The van der Waals surface area contributed by atoms with Crippen LogP contribution in [0.1, 0.15) is 12.5 Å². The van der Waals surface area contributed by atoms with Crippen LogP contribution >= 0.6 is 22.9 Å². The standard InChI is InChI=1S/C24H16ClN3O2S/c1-14(15-6-9-17(25)10-7-15)27-28-24-26-13-22(31-24)20-12-19-18-5-3-2-4-16(18)8-11-21(19)30-23(20)29/h2-13H,1H3,(H,26,28)/b27-14+. The van der Waals surface area contributed by atoms with Crippen molar-refractivity contribution in [3.63, 3.8) is 0 Å². The molecule has 0 saturated heterocycles. The number of halogens is 1. The van der Waals surface area contributed by atoms with Gasteiger partial charge in [0.2, 0.25) is 5.13 Å². The second-order valence-corrected chi connectivity index (χ2v) is 8.46. The summed E-state index contributed by atoms with van der Waals surface area (Å²) in [5.74, 6) is 0. The first-order valence-corrected chi connectivity index (χ1v) is 10.8. The predicted octanol–water partition coefficient (Wildman–Crippen LogP) is 6.56. The van der Waals surface area contributed by atoms with Crippen LogP contribution in [0.4, 0.5) is 5.13 Å². The normalized spacial score (nSPS) is 11.9. The summed E-state index contributed by atoms with van der Waals surface area (Å²) in [6.45, 7) is 1.90. The van der Waals surface area contributed by atoms with Gasteiger partial charge in [-0.25, -0.2) is 9.78 Å². The molecule has 7 heteroatoms. The molecule has 2 heterocycles. The maximum absolute atomic E-state index is 12.6. The van der Waals surface area contributed by atoms with Crippen LogP contribution in [0.5, 0.6) is 0 Å². The number of nitrogens with one attached hydrogen (secondary N) is 1. The topological polar surface area (TPSA) is 67.5 Å². The van der Waals surface area contributed by atoms with Crippen LogP contribution in [0, 0.1) is 0 Å². The Balaban J connectivity index is 1.48. The lowest BCUT2D eigenvalue weighted by atomic mass is 10.0. The maximum atomic E-state index is 12.6. The van der Waals surface area contributed by atoms with Crippen LogP contribution in [0.15, 0.2) is 87.2 Å². The Morgan fingerprint density at radius 2 is 1.87 bits per heavy atom. The third-order valence-corrected chi connectivity index (χ3v) is 6.18. The van der Waals surface area contributed by atoms with Crippen LogP contribution < -0.4 is 11.1 Å². The zero-order chi connectivity index (χ0) is 21.4. The van der Waals surface area contributed by atoms with E-state index in [0.717, 1.165) is 27.4 Å². The molecular formula is C24H16ClN3O2S. The van der Waals surface area contributed by atoms with Crippen molar-refractivity contribution in [1.82, 2.24) is 4.98 Å². The van der Waals surface area contributed by atoms with Crippen LogP contribution in [-0.2, 0) is 0 Å². The number of hydrogen-bond acceptors (Lipinski definition) is 6. The number of hydrogen-bond donors (Lipinski definition) is 1. The molecule has 3 aromatic carbocycles. The largest absolute Gasteiger partial charge is 0.422 e. The Labute approximate surface area is 186 Å². The summed E-state index contributed by atoms with van der Waals surface area (Å²) in [6, 6.07) is 21.1. The van der Waals surface area contributed by atoms with Gasteiger partial charge in [0.25, 0.3) is 0 Å². The van der Waals surface area contributed by atoms with E-state index in [4.69, 9.17) is 16.0 Å². The van der Waals surface area contributed by atoms with Crippen molar-refractivity contribution in [1.29, 1.82) is 0 Å². The molecule has 5 aromatic rings. The summed E-state index contributed by atoms with van der Waals surface area (Å²) in [6.07, 6.45) is 1.66. The van der Waals surface area contributed by atoms with E-state index in [2.05, 4.69) is 15.5 Å². The molecule has 152 valence electrons. The second-order valence-electron chi connectivity index (χ2n) is 6.99. The number of thiazole rings is 1. The Bertz CT molecular complexity index is 1500. The summed E-state index contributed by atoms with van der Waals surface area (Å²) < 4.78 is 5.59.